The second kappa shape index (κ2) is 5.43. The van der Waals surface area contributed by atoms with Crippen molar-refractivity contribution in [3.05, 3.63) is 17.7 Å². The standard InChI is InChI=1S/C15H25N3/c1-2-16-12-7-3-5-9-14(12)18-11-17-13-8-4-6-10-15(13)18/h11-12,14,16H,2-10H2,1H3. The highest BCUT2D eigenvalue weighted by Crippen LogP contribution is 2.32. The number of nitrogens with zero attached hydrogens (tertiary/aromatic N) is 2. The van der Waals surface area contributed by atoms with Crippen LogP contribution in [0.2, 0.25) is 0 Å². The molecule has 0 saturated heterocycles. The molecule has 1 heterocycles. The highest BCUT2D eigenvalue weighted by molar-refractivity contribution is 5.18. The van der Waals surface area contributed by atoms with E-state index in [-0.39, 0.29) is 0 Å². The molecule has 1 aromatic heterocycles. The molecule has 2 aliphatic rings. The maximum atomic E-state index is 4.66. The Labute approximate surface area is 110 Å². The maximum absolute atomic E-state index is 4.66. The molecular weight excluding hydrogens is 222 g/mol. The zero-order chi connectivity index (χ0) is 12.4. The number of fused-ring (bicyclic) bond motifs is 1. The molecule has 2 aliphatic carbocycles. The predicted molar refractivity (Wildman–Crippen MR) is 73.8 cm³/mol. The lowest BCUT2D eigenvalue weighted by molar-refractivity contribution is 0.261. The van der Waals surface area contributed by atoms with Gasteiger partial charge in [0.15, 0.2) is 0 Å². The van der Waals surface area contributed by atoms with Crippen LogP contribution in [0.25, 0.3) is 0 Å². The van der Waals surface area contributed by atoms with Crippen molar-refractivity contribution in [3.63, 3.8) is 0 Å². The Bertz CT molecular complexity index is 394. The molecule has 0 radical (unpaired) electrons. The van der Waals surface area contributed by atoms with Gasteiger partial charge in [-0.15, -0.1) is 0 Å². The summed E-state index contributed by atoms with van der Waals surface area (Å²) in [5, 5.41) is 3.68. The van der Waals surface area contributed by atoms with Crippen LogP contribution in [-0.4, -0.2) is 22.1 Å². The fraction of sp³-hybridized carbons (Fsp3) is 0.800. The molecule has 1 aromatic rings. The Balaban J connectivity index is 1.85. The minimum absolute atomic E-state index is 0.646. The van der Waals surface area contributed by atoms with Crippen LogP contribution in [0.15, 0.2) is 6.33 Å². The quantitative estimate of drug-likeness (QED) is 0.890. The van der Waals surface area contributed by atoms with Crippen LogP contribution in [-0.2, 0) is 12.8 Å². The van der Waals surface area contributed by atoms with Crippen molar-refractivity contribution in [1.29, 1.82) is 0 Å². The minimum atomic E-state index is 0.646. The van der Waals surface area contributed by atoms with Gasteiger partial charge in [-0.25, -0.2) is 4.98 Å². The molecule has 2 unspecified atom stereocenters. The zero-order valence-electron chi connectivity index (χ0n) is 11.5. The van der Waals surface area contributed by atoms with Crippen molar-refractivity contribution >= 4 is 0 Å². The average molecular weight is 247 g/mol. The molecule has 0 aliphatic heterocycles. The number of aryl methyl sites for hydroxylation is 1. The van der Waals surface area contributed by atoms with Gasteiger partial charge in [0.25, 0.3) is 0 Å². The smallest absolute Gasteiger partial charge is 0.0954 e. The van der Waals surface area contributed by atoms with Crippen LogP contribution in [0.1, 0.15) is 62.9 Å². The summed E-state index contributed by atoms with van der Waals surface area (Å²) in [6.45, 7) is 3.30. The van der Waals surface area contributed by atoms with E-state index in [9.17, 15) is 0 Å². The van der Waals surface area contributed by atoms with Gasteiger partial charge in [-0.1, -0.05) is 19.8 Å². The van der Waals surface area contributed by atoms with Crippen molar-refractivity contribution < 1.29 is 0 Å². The van der Waals surface area contributed by atoms with E-state index in [1.807, 2.05) is 0 Å². The topological polar surface area (TPSA) is 29.9 Å². The van der Waals surface area contributed by atoms with Gasteiger partial charge in [0.2, 0.25) is 0 Å². The molecule has 1 fully saturated rings. The third kappa shape index (κ3) is 2.20. The van der Waals surface area contributed by atoms with Crippen LogP contribution < -0.4 is 5.32 Å². The number of nitrogens with one attached hydrogen (secondary N) is 1. The van der Waals surface area contributed by atoms with E-state index in [0.29, 0.717) is 12.1 Å². The molecule has 18 heavy (non-hydrogen) atoms. The second-order valence-electron chi connectivity index (χ2n) is 5.77. The highest BCUT2D eigenvalue weighted by atomic mass is 15.1. The van der Waals surface area contributed by atoms with Crippen molar-refractivity contribution in [2.75, 3.05) is 6.54 Å². The van der Waals surface area contributed by atoms with E-state index < -0.39 is 0 Å². The number of hydrogen-bond donors (Lipinski definition) is 1. The van der Waals surface area contributed by atoms with Crippen LogP contribution in [0.5, 0.6) is 0 Å². The average Bonchev–Trinajstić information content (AvgIpc) is 2.84. The molecular formula is C15H25N3. The molecule has 0 spiro atoms. The zero-order valence-corrected chi connectivity index (χ0v) is 11.5. The Hall–Kier alpha value is -0.830. The maximum Gasteiger partial charge on any atom is 0.0954 e. The first-order valence-corrected chi connectivity index (χ1v) is 7.68. The molecule has 1 N–H and O–H groups in total. The Morgan fingerprint density at radius 2 is 2.06 bits per heavy atom. The predicted octanol–water partition coefficient (Wildman–Crippen LogP) is 2.86. The number of imidazole rings is 1. The van der Waals surface area contributed by atoms with Gasteiger partial charge in [0.05, 0.1) is 18.1 Å². The second-order valence-corrected chi connectivity index (χ2v) is 5.77. The molecule has 0 amide bonds. The van der Waals surface area contributed by atoms with Crippen molar-refractivity contribution in [3.8, 4) is 0 Å². The van der Waals surface area contributed by atoms with Gasteiger partial charge in [0, 0.05) is 11.7 Å². The largest absolute Gasteiger partial charge is 0.330 e. The van der Waals surface area contributed by atoms with Crippen molar-refractivity contribution in [2.24, 2.45) is 0 Å². The molecule has 2 atom stereocenters. The van der Waals surface area contributed by atoms with E-state index in [4.69, 9.17) is 0 Å². The molecule has 3 rings (SSSR count). The summed E-state index contributed by atoms with van der Waals surface area (Å²) >= 11 is 0. The fourth-order valence-corrected chi connectivity index (χ4v) is 3.72. The van der Waals surface area contributed by atoms with E-state index in [0.717, 1.165) is 6.54 Å². The minimum Gasteiger partial charge on any atom is -0.330 e. The summed E-state index contributed by atoms with van der Waals surface area (Å²) in [6, 6.07) is 1.30. The van der Waals surface area contributed by atoms with Crippen LogP contribution in [0.4, 0.5) is 0 Å². The summed E-state index contributed by atoms with van der Waals surface area (Å²) in [5.41, 5.74) is 2.91. The third-order valence-corrected chi connectivity index (χ3v) is 4.61. The third-order valence-electron chi connectivity index (χ3n) is 4.61. The first-order chi connectivity index (χ1) is 8.90. The Kier molecular flexibility index (Phi) is 3.69. The summed E-state index contributed by atoms with van der Waals surface area (Å²) in [5.74, 6) is 0. The van der Waals surface area contributed by atoms with Gasteiger partial charge < -0.3 is 9.88 Å². The lowest BCUT2D eigenvalue weighted by Gasteiger charge is -2.34. The first-order valence-electron chi connectivity index (χ1n) is 7.68. The van der Waals surface area contributed by atoms with Gasteiger partial charge in [-0.2, -0.15) is 0 Å². The lowest BCUT2D eigenvalue weighted by atomic mass is 9.89. The number of hydrogen-bond acceptors (Lipinski definition) is 2. The highest BCUT2D eigenvalue weighted by Gasteiger charge is 2.28. The van der Waals surface area contributed by atoms with Crippen LogP contribution in [0.3, 0.4) is 0 Å². The molecule has 100 valence electrons. The van der Waals surface area contributed by atoms with Gasteiger partial charge in [0.1, 0.15) is 0 Å². The first kappa shape index (κ1) is 12.2. The molecule has 3 nitrogen and oxygen atoms in total. The summed E-state index contributed by atoms with van der Waals surface area (Å²) < 4.78 is 2.51. The van der Waals surface area contributed by atoms with Crippen molar-refractivity contribution in [2.45, 2.75) is 70.4 Å². The SMILES string of the molecule is CCNC1CCCCC1n1cnc2c1CCCC2. The normalized spacial score (nSPS) is 28.1. The summed E-state index contributed by atoms with van der Waals surface area (Å²) in [7, 11) is 0. The lowest BCUT2D eigenvalue weighted by Crippen LogP contribution is -2.40. The fourth-order valence-electron chi connectivity index (χ4n) is 3.72. The summed E-state index contributed by atoms with van der Waals surface area (Å²) in [6.07, 6.45) is 12.6. The van der Waals surface area contributed by atoms with E-state index in [2.05, 4.69) is 28.1 Å². The molecule has 3 heteroatoms. The van der Waals surface area contributed by atoms with Gasteiger partial charge in [-0.05, 0) is 45.1 Å². The van der Waals surface area contributed by atoms with Crippen molar-refractivity contribution in [1.82, 2.24) is 14.9 Å². The Morgan fingerprint density at radius 3 is 2.94 bits per heavy atom. The van der Waals surface area contributed by atoms with Crippen LogP contribution >= 0.6 is 0 Å². The Morgan fingerprint density at radius 1 is 1.22 bits per heavy atom. The number of likely N-dealkylation sites (N-methyl/N-ethyl adjacent to an activating group) is 1. The van der Waals surface area contributed by atoms with Gasteiger partial charge in [-0.3, -0.25) is 0 Å². The van der Waals surface area contributed by atoms with E-state index >= 15 is 0 Å². The molecule has 0 bridgehead atoms. The number of aromatic nitrogens is 2. The van der Waals surface area contributed by atoms with Gasteiger partial charge >= 0.3 is 0 Å². The van der Waals surface area contributed by atoms with E-state index in [1.54, 1.807) is 0 Å². The van der Waals surface area contributed by atoms with Crippen LogP contribution in [0, 0.1) is 0 Å². The monoisotopic (exact) mass is 247 g/mol. The summed E-state index contributed by atoms with van der Waals surface area (Å²) in [4.78, 5) is 4.66. The molecule has 0 aromatic carbocycles. The van der Waals surface area contributed by atoms with E-state index in [1.165, 1.54) is 62.8 Å². The number of rotatable bonds is 3. The molecule has 1 saturated carbocycles.